The van der Waals surface area contributed by atoms with Crippen molar-refractivity contribution in [3.05, 3.63) is 12.2 Å². The van der Waals surface area contributed by atoms with Gasteiger partial charge in [-0.05, 0) is 38.5 Å². The van der Waals surface area contributed by atoms with E-state index in [1.807, 2.05) is 0 Å². The van der Waals surface area contributed by atoms with Gasteiger partial charge in [-0.3, -0.25) is 14.4 Å². The molecule has 0 aliphatic rings. The maximum absolute atomic E-state index is 12.8. The minimum atomic E-state index is -0.767. The maximum Gasteiger partial charge on any atom is 0.306 e. The number of unbranched alkanes of at least 4 members (excludes halogenated alkanes) is 42. The highest BCUT2D eigenvalue weighted by molar-refractivity contribution is 5.71. The summed E-state index contributed by atoms with van der Waals surface area (Å²) in [5.74, 6) is -0.853. The van der Waals surface area contributed by atoms with Crippen LogP contribution in [-0.2, 0) is 28.6 Å². The van der Waals surface area contributed by atoms with Gasteiger partial charge in [-0.25, -0.2) is 0 Å². The number of hydrogen-bond donors (Lipinski definition) is 0. The second-order valence-electron chi connectivity index (χ2n) is 20.3. The molecule has 0 aromatic rings. The van der Waals surface area contributed by atoms with E-state index in [0.717, 1.165) is 70.6 Å². The van der Waals surface area contributed by atoms with Gasteiger partial charge in [-0.15, -0.1) is 0 Å². The lowest BCUT2D eigenvalue weighted by Gasteiger charge is -2.18. The quantitative estimate of drug-likeness (QED) is 0.0262. The molecule has 6 heteroatoms. The van der Waals surface area contributed by atoms with Crippen molar-refractivity contribution in [3.63, 3.8) is 0 Å². The van der Waals surface area contributed by atoms with E-state index < -0.39 is 6.10 Å². The van der Waals surface area contributed by atoms with Gasteiger partial charge in [0.1, 0.15) is 13.2 Å². The molecule has 0 saturated heterocycles. The summed E-state index contributed by atoms with van der Waals surface area (Å²) in [6, 6.07) is 0. The number of rotatable bonds is 55. The zero-order valence-corrected chi connectivity index (χ0v) is 44.7. The molecule has 0 aliphatic heterocycles. The number of carbonyl (C=O) groups excluding carboxylic acids is 3. The monoisotopic (exact) mass is 931 g/mol. The SMILES string of the molecule is CCC/C=C\CCCCCCCC(=O)OCC(COC(=O)CCCCCCCCCCCCCCCCCCCCCC)OC(=O)CCCCCCCCCCCCCCCCCCCC. The van der Waals surface area contributed by atoms with Crippen LogP contribution in [0.2, 0.25) is 0 Å². The van der Waals surface area contributed by atoms with Gasteiger partial charge in [-0.1, -0.05) is 290 Å². The first kappa shape index (κ1) is 64.2. The highest BCUT2D eigenvalue weighted by Crippen LogP contribution is 2.18. The molecule has 6 nitrogen and oxygen atoms in total. The first-order chi connectivity index (χ1) is 32.5. The summed E-state index contributed by atoms with van der Waals surface area (Å²) in [5.41, 5.74) is 0. The Balaban J connectivity index is 4.21. The Labute approximate surface area is 411 Å². The van der Waals surface area contributed by atoms with Gasteiger partial charge in [0.05, 0.1) is 0 Å². The molecule has 0 aromatic heterocycles. The van der Waals surface area contributed by atoms with E-state index in [-0.39, 0.29) is 31.1 Å². The van der Waals surface area contributed by atoms with Gasteiger partial charge >= 0.3 is 17.9 Å². The Morgan fingerprint density at radius 1 is 0.288 bits per heavy atom. The molecule has 0 aromatic carbocycles. The van der Waals surface area contributed by atoms with Gasteiger partial charge in [0.25, 0.3) is 0 Å². The predicted molar refractivity (Wildman–Crippen MR) is 284 cm³/mol. The van der Waals surface area contributed by atoms with E-state index in [1.165, 1.54) is 225 Å². The van der Waals surface area contributed by atoms with Crippen LogP contribution in [0.4, 0.5) is 0 Å². The molecule has 0 saturated carbocycles. The average Bonchev–Trinajstić information content (AvgIpc) is 3.31. The lowest BCUT2D eigenvalue weighted by atomic mass is 10.0. The van der Waals surface area contributed by atoms with E-state index in [0.29, 0.717) is 19.3 Å². The van der Waals surface area contributed by atoms with E-state index in [1.54, 1.807) is 0 Å². The molecule has 0 aliphatic carbocycles. The Hall–Kier alpha value is -1.85. The zero-order valence-electron chi connectivity index (χ0n) is 44.7. The first-order valence-electron chi connectivity index (χ1n) is 29.7. The van der Waals surface area contributed by atoms with Crippen LogP contribution < -0.4 is 0 Å². The largest absolute Gasteiger partial charge is 0.462 e. The van der Waals surface area contributed by atoms with Crippen LogP contribution in [0, 0.1) is 0 Å². The van der Waals surface area contributed by atoms with Crippen LogP contribution in [0.3, 0.4) is 0 Å². The molecule has 0 bridgehead atoms. The number of allylic oxidation sites excluding steroid dienone is 2. The summed E-state index contributed by atoms with van der Waals surface area (Å²) >= 11 is 0. The van der Waals surface area contributed by atoms with Crippen molar-refractivity contribution in [2.45, 2.75) is 341 Å². The second-order valence-corrected chi connectivity index (χ2v) is 20.3. The van der Waals surface area contributed by atoms with E-state index >= 15 is 0 Å². The lowest BCUT2D eigenvalue weighted by Crippen LogP contribution is -2.30. The summed E-state index contributed by atoms with van der Waals surface area (Å²) in [4.78, 5) is 38.1. The number of ether oxygens (including phenoxy) is 3. The normalized spacial score (nSPS) is 12.0. The smallest absolute Gasteiger partial charge is 0.306 e. The lowest BCUT2D eigenvalue weighted by molar-refractivity contribution is -0.167. The summed E-state index contributed by atoms with van der Waals surface area (Å²) in [7, 11) is 0. The van der Waals surface area contributed by atoms with Crippen molar-refractivity contribution in [2.75, 3.05) is 13.2 Å². The number of hydrogen-bond acceptors (Lipinski definition) is 6. The third-order valence-electron chi connectivity index (χ3n) is 13.5. The highest BCUT2D eigenvalue weighted by atomic mass is 16.6. The molecule has 66 heavy (non-hydrogen) atoms. The molecule has 1 unspecified atom stereocenters. The Kier molecular flexibility index (Phi) is 54.2. The molecule has 390 valence electrons. The Morgan fingerprint density at radius 2 is 0.530 bits per heavy atom. The molecule has 0 radical (unpaired) electrons. The van der Waals surface area contributed by atoms with E-state index in [4.69, 9.17) is 14.2 Å². The zero-order chi connectivity index (χ0) is 47.9. The fourth-order valence-electron chi connectivity index (χ4n) is 9.04. The molecular weight excluding hydrogens is 817 g/mol. The summed E-state index contributed by atoms with van der Waals surface area (Å²) in [6.45, 7) is 6.64. The fourth-order valence-corrected chi connectivity index (χ4v) is 9.04. The minimum absolute atomic E-state index is 0.0666. The first-order valence-corrected chi connectivity index (χ1v) is 29.7. The Morgan fingerprint density at radius 3 is 0.818 bits per heavy atom. The second kappa shape index (κ2) is 55.7. The van der Waals surface area contributed by atoms with Crippen LogP contribution in [0.5, 0.6) is 0 Å². The molecule has 0 N–H and O–H groups in total. The van der Waals surface area contributed by atoms with Crippen molar-refractivity contribution < 1.29 is 28.6 Å². The summed E-state index contributed by atoms with van der Waals surface area (Å²) < 4.78 is 16.9. The third-order valence-corrected chi connectivity index (χ3v) is 13.5. The summed E-state index contributed by atoms with van der Waals surface area (Å²) in [6.07, 6.45) is 63.6. The molecule has 0 heterocycles. The fraction of sp³-hybridized carbons (Fsp3) is 0.917. The molecule has 0 fully saturated rings. The van der Waals surface area contributed by atoms with E-state index in [2.05, 4.69) is 32.9 Å². The Bertz CT molecular complexity index is 1020. The maximum atomic E-state index is 12.8. The van der Waals surface area contributed by atoms with Crippen molar-refractivity contribution >= 4 is 17.9 Å². The van der Waals surface area contributed by atoms with E-state index in [9.17, 15) is 14.4 Å². The van der Waals surface area contributed by atoms with Crippen LogP contribution in [0.25, 0.3) is 0 Å². The molecule has 1 atom stereocenters. The van der Waals surface area contributed by atoms with Gasteiger partial charge < -0.3 is 14.2 Å². The number of esters is 3. The van der Waals surface area contributed by atoms with Gasteiger partial charge in [0.15, 0.2) is 6.10 Å². The predicted octanol–water partition coefficient (Wildman–Crippen LogP) is 19.7. The van der Waals surface area contributed by atoms with Crippen LogP contribution in [0.15, 0.2) is 12.2 Å². The van der Waals surface area contributed by atoms with Crippen molar-refractivity contribution in [2.24, 2.45) is 0 Å². The topological polar surface area (TPSA) is 78.9 Å². The molecular formula is C60H114O6. The molecule has 0 spiro atoms. The number of carbonyl (C=O) groups is 3. The minimum Gasteiger partial charge on any atom is -0.462 e. The van der Waals surface area contributed by atoms with Gasteiger partial charge in [0.2, 0.25) is 0 Å². The molecule has 0 amide bonds. The standard InChI is InChI=1S/C60H114O6/c1-4-7-10-13-16-19-22-24-26-28-30-31-33-34-36-38-41-44-47-50-53-59(62)65-56-57(55-64-58(61)52-49-46-43-40-21-18-15-12-9-6-3)66-60(63)54-51-48-45-42-39-37-35-32-29-27-25-23-20-17-14-11-8-5-2/h12,15,57H,4-11,13-14,16-56H2,1-3H3/b15-12-. The van der Waals surface area contributed by atoms with Gasteiger partial charge in [-0.2, -0.15) is 0 Å². The average molecular weight is 932 g/mol. The van der Waals surface area contributed by atoms with Crippen molar-refractivity contribution in [1.82, 2.24) is 0 Å². The van der Waals surface area contributed by atoms with Crippen LogP contribution in [0.1, 0.15) is 335 Å². The van der Waals surface area contributed by atoms with Crippen molar-refractivity contribution in [1.29, 1.82) is 0 Å². The molecule has 0 rings (SSSR count). The highest BCUT2D eigenvalue weighted by Gasteiger charge is 2.19. The van der Waals surface area contributed by atoms with Crippen molar-refractivity contribution in [3.8, 4) is 0 Å². The summed E-state index contributed by atoms with van der Waals surface area (Å²) in [5, 5.41) is 0. The third kappa shape index (κ3) is 53.1. The van der Waals surface area contributed by atoms with Crippen LogP contribution >= 0.6 is 0 Å². The van der Waals surface area contributed by atoms with Crippen LogP contribution in [-0.4, -0.2) is 37.2 Å². The van der Waals surface area contributed by atoms with Gasteiger partial charge in [0, 0.05) is 19.3 Å².